The molecule has 0 saturated carbocycles. The lowest BCUT2D eigenvalue weighted by molar-refractivity contribution is -0.332. The molecular formula is C67H122O14. The van der Waals surface area contributed by atoms with E-state index in [-0.39, 0.29) is 25.6 Å². The van der Waals surface area contributed by atoms with Crippen LogP contribution in [0.15, 0.2) is 48.6 Å². The lowest BCUT2D eigenvalue weighted by Crippen LogP contribution is -2.61. The number of rotatable bonds is 55. The van der Waals surface area contributed by atoms with Gasteiger partial charge in [0.2, 0.25) is 0 Å². The van der Waals surface area contributed by atoms with Crippen molar-refractivity contribution in [2.24, 2.45) is 0 Å². The molecule has 81 heavy (non-hydrogen) atoms. The van der Waals surface area contributed by atoms with Gasteiger partial charge in [-0.25, -0.2) is 0 Å². The van der Waals surface area contributed by atoms with Crippen molar-refractivity contribution in [1.82, 2.24) is 0 Å². The zero-order valence-electron chi connectivity index (χ0n) is 51.3. The Balaban J connectivity index is 1.65. The lowest BCUT2D eigenvalue weighted by atomic mass is 9.98. The standard InChI is InChI=1S/C67H122O14/c1-3-5-7-9-11-13-15-17-19-21-23-25-27-28-29-30-32-34-36-38-40-42-44-46-48-50-59(69)79-56(53-76-51-49-47-45-43-41-39-37-35-33-31-26-24-22-20-18-16-14-12-10-8-6-4-2)54-77-66-65(75)63(73)61(71)58(81-66)55-78-67-64(74)62(72)60(70)57(52-68)80-67/h6,8,12,14,18,20,24,26,56-58,60-68,70-75H,3-5,7,9-11,13,15-17,19,21-23,25,27-55H2,1-2H3/b8-6-,14-12-,20-18-,26-24-. The van der Waals surface area contributed by atoms with Crippen LogP contribution in [0.5, 0.6) is 0 Å². The van der Waals surface area contributed by atoms with Gasteiger partial charge in [0.05, 0.1) is 26.4 Å². The molecule has 2 saturated heterocycles. The minimum Gasteiger partial charge on any atom is -0.457 e. The quantitative estimate of drug-likeness (QED) is 0.0171. The monoisotopic (exact) mass is 1150 g/mol. The molecule has 2 aliphatic rings. The van der Waals surface area contributed by atoms with Crippen LogP contribution in [-0.2, 0) is 33.2 Å². The fraction of sp³-hybridized carbons (Fsp3) is 0.866. The van der Waals surface area contributed by atoms with Crippen LogP contribution in [0.2, 0.25) is 0 Å². The van der Waals surface area contributed by atoms with Gasteiger partial charge in [-0.3, -0.25) is 4.79 Å². The van der Waals surface area contributed by atoms with Gasteiger partial charge in [-0.15, -0.1) is 0 Å². The number of ether oxygens (including phenoxy) is 6. The topological polar surface area (TPSA) is 214 Å². The highest BCUT2D eigenvalue weighted by Crippen LogP contribution is 2.27. The summed E-state index contributed by atoms with van der Waals surface area (Å²) in [6, 6.07) is 0. The maximum Gasteiger partial charge on any atom is 0.306 e. The number of carbonyl (C=O) groups excluding carboxylic acids is 1. The third-order valence-corrected chi connectivity index (χ3v) is 15.9. The second-order valence-electron chi connectivity index (χ2n) is 23.3. The van der Waals surface area contributed by atoms with Crippen molar-refractivity contribution in [1.29, 1.82) is 0 Å². The Morgan fingerprint density at radius 1 is 0.420 bits per heavy atom. The van der Waals surface area contributed by atoms with E-state index in [0.717, 1.165) is 70.6 Å². The average molecular weight is 1150 g/mol. The molecule has 0 bridgehead atoms. The van der Waals surface area contributed by atoms with Crippen LogP contribution >= 0.6 is 0 Å². The summed E-state index contributed by atoms with van der Waals surface area (Å²) in [7, 11) is 0. The summed E-state index contributed by atoms with van der Waals surface area (Å²) in [5, 5.41) is 72.5. The van der Waals surface area contributed by atoms with Crippen LogP contribution in [0.3, 0.4) is 0 Å². The molecule has 0 radical (unpaired) electrons. The highest BCUT2D eigenvalue weighted by Gasteiger charge is 2.47. The predicted molar refractivity (Wildman–Crippen MR) is 326 cm³/mol. The summed E-state index contributed by atoms with van der Waals surface area (Å²) in [5.41, 5.74) is 0. The summed E-state index contributed by atoms with van der Waals surface area (Å²) < 4.78 is 34.5. The van der Waals surface area contributed by atoms with E-state index < -0.39 is 80.7 Å². The zero-order valence-corrected chi connectivity index (χ0v) is 51.3. The molecule has 7 N–H and O–H groups in total. The first-order chi connectivity index (χ1) is 39.6. The number of aliphatic hydroxyl groups excluding tert-OH is 7. The Hall–Kier alpha value is -2.05. The highest BCUT2D eigenvalue weighted by molar-refractivity contribution is 5.69. The summed E-state index contributed by atoms with van der Waals surface area (Å²) in [5.74, 6) is -0.373. The van der Waals surface area contributed by atoms with Gasteiger partial charge < -0.3 is 64.2 Å². The Kier molecular flexibility index (Phi) is 49.5. The van der Waals surface area contributed by atoms with Crippen molar-refractivity contribution in [3.8, 4) is 0 Å². The number of carbonyl (C=O) groups is 1. The SMILES string of the molecule is CC/C=C\C/C=C\C/C=C\C/C=C\CCCCCCCCCCCOCC(COC1OC(COC2OC(CO)C(O)C(O)C2O)C(O)C(O)C1O)OC(=O)CCCCCCCCCCCCCCCCCCCCCCCCCCC. The van der Waals surface area contributed by atoms with E-state index in [0.29, 0.717) is 13.0 Å². The van der Waals surface area contributed by atoms with Crippen molar-refractivity contribution in [3.63, 3.8) is 0 Å². The van der Waals surface area contributed by atoms with Crippen molar-refractivity contribution >= 4 is 5.97 Å². The van der Waals surface area contributed by atoms with Gasteiger partial charge in [-0.1, -0.05) is 262 Å². The van der Waals surface area contributed by atoms with Gasteiger partial charge in [-0.05, 0) is 51.4 Å². The summed E-state index contributed by atoms with van der Waals surface area (Å²) in [4.78, 5) is 13.1. The Morgan fingerprint density at radius 3 is 1.26 bits per heavy atom. The summed E-state index contributed by atoms with van der Waals surface area (Å²) in [6.07, 6.45) is 50.4. The van der Waals surface area contributed by atoms with E-state index >= 15 is 0 Å². The third-order valence-electron chi connectivity index (χ3n) is 15.9. The molecule has 11 unspecified atom stereocenters. The van der Waals surface area contributed by atoms with Gasteiger partial charge in [-0.2, -0.15) is 0 Å². The van der Waals surface area contributed by atoms with E-state index in [1.807, 2.05) is 0 Å². The van der Waals surface area contributed by atoms with Gasteiger partial charge in [0.1, 0.15) is 54.9 Å². The highest BCUT2D eigenvalue weighted by atomic mass is 16.7. The van der Waals surface area contributed by atoms with Crippen LogP contribution in [0.1, 0.15) is 271 Å². The molecule has 0 aromatic carbocycles. The zero-order chi connectivity index (χ0) is 58.6. The number of hydrogen-bond acceptors (Lipinski definition) is 14. The van der Waals surface area contributed by atoms with Crippen molar-refractivity contribution in [2.75, 3.05) is 33.0 Å². The predicted octanol–water partition coefficient (Wildman–Crippen LogP) is 13.4. The summed E-state index contributed by atoms with van der Waals surface area (Å²) in [6.45, 7) is 3.62. The van der Waals surface area contributed by atoms with E-state index in [2.05, 4.69) is 62.5 Å². The molecule has 2 rings (SSSR count). The second-order valence-corrected chi connectivity index (χ2v) is 23.3. The molecule has 474 valence electrons. The molecule has 2 fully saturated rings. The molecule has 0 aromatic heterocycles. The summed E-state index contributed by atoms with van der Waals surface area (Å²) >= 11 is 0. The lowest BCUT2D eigenvalue weighted by Gasteiger charge is -2.42. The molecule has 0 amide bonds. The smallest absolute Gasteiger partial charge is 0.306 e. The maximum absolute atomic E-state index is 13.1. The molecule has 2 heterocycles. The molecule has 14 nitrogen and oxygen atoms in total. The fourth-order valence-electron chi connectivity index (χ4n) is 10.6. The van der Waals surface area contributed by atoms with Gasteiger partial charge in [0.25, 0.3) is 0 Å². The number of hydrogen-bond donors (Lipinski definition) is 7. The van der Waals surface area contributed by atoms with Gasteiger partial charge in [0, 0.05) is 13.0 Å². The maximum atomic E-state index is 13.1. The Morgan fingerprint density at radius 2 is 0.802 bits per heavy atom. The molecule has 11 atom stereocenters. The van der Waals surface area contributed by atoms with E-state index in [4.69, 9.17) is 28.4 Å². The minimum absolute atomic E-state index is 0.0593. The molecule has 14 heteroatoms. The molecule has 0 aromatic rings. The van der Waals surface area contributed by atoms with Crippen molar-refractivity contribution in [3.05, 3.63) is 48.6 Å². The normalized spacial score (nSPS) is 24.0. The Bertz CT molecular complexity index is 1520. The Labute approximate surface area is 492 Å². The van der Waals surface area contributed by atoms with Gasteiger partial charge in [0.15, 0.2) is 12.6 Å². The number of esters is 1. The fourth-order valence-corrected chi connectivity index (χ4v) is 10.6. The van der Waals surface area contributed by atoms with E-state index in [1.54, 1.807) is 0 Å². The molecular weight excluding hydrogens is 1030 g/mol. The molecule has 0 spiro atoms. The van der Waals surface area contributed by atoms with Crippen LogP contribution in [-0.4, -0.2) is 142 Å². The van der Waals surface area contributed by atoms with Crippen molar-refractivity contribution < 1.29 is 69.0 Å². The number of unbranched alkanes of at least 4 members (excludes halogenated alkanes) is 33. The first kappa shape index (κ1) is 75.0. The van der Waals surface area contributed by atoms with E-state index in [9.17, 15) is 40.5 Å². The van der Waals surface area contributed by atoms with Crippen LogP contribution in [0.4, 0.5) is 0 Å². The van der Waals surface area contributed by atoms with Crippen LogP contribution < -0.4 is 0 Å². The number of aliphatic hydroxyl groups is 7. The minimum atomic E-state index is -1.71. The average Bonchev–Trinajstić information content (AvgIpc) is 3.57. The van der Waals surface area contributed by atoms with E-state index in [1.165, 1.54) is 173 Å². The van der Waals surface area contributed by atoms with Crippen LogP contribution in [0.25, 0.3) is 0 Å². The van der Waals surface area contributed by atoms with Crippen LogP contribution in [0, 0.1) is 0 Å². The first-order valence-electron chi connectivity index (χ1n) is 33.2. The second kappa shape index (κ2) is 53.4. The number of allylic oxidation sites excluding steroid dienone is 8. The third kappa shape index (κ3) is 39.3. The van der Waals surface area contributed by atoms with Crippen molar-refractivity contribution in [2.45, 2.75) is 338 Å². The first-order valence-corrected chi connectivity index (χ1v) is 33.2. The molecule has 0 aliphatic carbocycles. The molecule has 2 aliphatic heterocycles. The largest absolute Gasteiger partial charge is 0.457 e. The van der Waals surface area contributed by atoms with Gasteiger partial charge >= 0.3 is 5.97 Å².